The quantitative estimate of drug-likeness (QED) is 0.825. The molecule has 1 heterocycles. The first-order valence-electron chi connectivity index (χ1n) is 5.00. The number of benzene rings is 1. The van der Waals surface area contributed by atoms with Crippen LogP contribution in [0, 0.1) is 0 Å². The van der Waals surface area contributed by atoms with Gasteiger partial charge in [-0.25, -0.2) is 9.78 Å². The molecule has 0 aliphatic heterocycles. The van der Waals surface area contributed by atoms with Crippen molar-refractivity contribution in [1.82, 2.24) is 9.55 Å². The highest BCUT2D eigenvalue weighted by Crippen LogP contribution is 2.05. The van der Waals surface area contributed by atoms with Gasteiger partial charge in [0.15, 0.2) is 0 Å². The predicted octanol–water partition coefficient (Wildman–Crippen LogP) is 0.784. The summed E-state index contributed by atoms with van der Waals surface area (Å²) in [7, 11) is 0. The molecule has 4 nitrogen and oxygen atoms in total. The van der Waals surface area contributed by atoms with E-state index in [1.165, 1.54) is 10.8 Å². The molecule has 1 aromatic heterocycles. The van der Waals surface area contributed by atoms with Gasteiger partial charge in [-0.05, 0) is 17.2 Å². The molecule has 0 atom stereocenters. The number of hydrogen-bond donors (Lipinski definition) is 1. The summed E-state index contributed by atoms with van der Waals surface area (Å²) >= 11 is 0. The molecule has 0 unspecified atom stereocenters. The van der Waals surface area contributed by atoms with Crippen LogP contribution in [0.1, 0.15) is 11.1 Å². The van der Waals surface area contributed by atoms with Crippen LogP contribution in [0.15, 0.2) is 47.5 Å². The van der Waals surface area contributed by atoms with Crippen LogP contribution in [0.25, 0.3) is 0 Å². The summed E-state index contributed by atoms with van der Waals surface area (Å²) in [4.78, 5) is 15.0. The molecule has 0 radical (unpaired) electrons. The number of nitrogens with zero attached hydrogens (tertiary/aromatic N) is 2. The van der Waals surface area contributed by atoms with Crippen molar-refractivity contribution >= 4 is 0 Å². The molecule has 0 fully saturated rings. The maximum absolute atomic E-state index is 11.4. The van der Waals surface area contributed by atoms with Gasteiger partial charge in [-0.2, -0.15) is 0 Å². The second kappa shape index (κ2) is 4.72. The summed E-state index contributed by atoms with van der Waals surface area (Å²) in [6.45, 7) is 0.533. The van der Waals surface area contributed by atoms with Crippen molar-refractivity contribution in [2.24, 2.45) is 0 Å². The molecule has 0 bridgehead atoms. The molecule has 82 valence electrons. The highest BCUT2D eigenvalue weighted by molar-refractivity contribution is 5.22. The molecule has 0 amide bonds. The van der Waals surface area contributed by atoms with E-state index in [1.807, 2.05) is 24.3 Å². The highest BCUT2D eigenvalue weighted by Gasteiger charge is 1.97. The van der Waals surface area contributed by atoms with Crippen molar-refractivity contribution in [3.63, 3.8) is 0 Å². The summed E-state index contributed by atoms with van der Waals surface area (Å²) in [6, 6.07) is 9.20. The normalized spacial score (nSPS) is 10.3. The first kappa shape index (κ1) is 10.6. The summed E-state index contributed by atoms with van der Waals surface area (Å²) in [5.74, 6) is 0. The van der Waals surface area contributed by atoms with E-state index in [0.29, 0.717) is 6.54 Å². The average molecular weight is 216 g/mol. The van der Waals surface area contributed by atoms with Crippen molar-refractivity contribution in [3.05, 3.63) is 64.3 Å². The topological polar surface area (TPSA) is 55.1 Å². The zero-order valence-electron chi connectivity index (χ0n) is 8.71. The van der Waals surface area contributed by atoms with E-state index in [0.717, 1.165) is 11.1 Å². The lowest BCUT2D eigenvalue weighted by Crippen LogP contribution is -2.21. The van der Waals surface area contributed by atoms with Crippen molar-refractivity contribution in [2.75, 3.05) is 0 Å². The fourth-order valence-electron chi connectivity index (χ4n) is 1.45. The Bertz CT molecular complexity index is 517. The van der Waals surface area contributed by atoms with Crippen LogP contribution in [0.5, 0.6) is 0 Å². The summed E-state index contributed by atoms with van der Waals surface area (Å²) in [5.41, 5.74) is 1.61. The van der Waals surface area contributed by atoms with Gasteiger partial charge in [0, 0.05) is 12.4 Å². The summed E-state index contributed by atoms with van der Waals surface area (Å²) in [5, 5.41) is 8.90. The molecule has 0 aliphatic carbocycles. The minimum Gasteiger partial charge on any atom is -0.392 e. The lowest BCUT2D eigenvalue weighted by molar-refractivity contribution is 0.282. The minimum atomic E-state index is -0.256. The Labute approximate surface area is 92.8 Å². The van der Waals surface area contributed by atoms with Crippen molar-refractivity contribution in [3.8, 4) is 0 Å². The van der Waals surface area contributed by atoms with E-state index < -0.39 is 0 Å². The highest BCUT2D eigenvalue weighted by atomic mass is 16.3. The molecular weight excluding hydrogens is 204 g/mol. The number of rotatable bonds is 3. The van der Waals surface area contributed by atoms with E-state index in [1.54, 1.807) is 12.3 Å². The lowest BCUT2D eigenvalue weighted by atomic mass is 10.1. The Morgan fingerprint density at radius 2 is 1.88 bits per heavy atom. The van der Waals surface area contributed by atoms with Crippen molar-refractivity contribution < 1.29 is 5.11 Å². The fraction of sp³-hybridized carbons (Fsp3) is 0.167. The van der Waals surface area contributed by atoms with Crippen LogP contribution in [-0.2, 0) is 13.2 Å². The molecule has 1 aromatic carbocycles. The average Bonchev–Trinajstić information content (AvgIpc) is 2.33. The smallest absolute Gasteiger partial charge is 0.347 e. The lowest BCUT2D eigenvalue weighted by Gasteiger charge is -2.04. The monoisotopic (exact) mass is 216 g/mol. The van der Waals surface area contributed by atoms with Crippen LogP contribution < -0.4 is 5.69 Å². The van der Waals surface area contributed by atoms with Gasteiger partial charge in [0.25, 0.3) is 0 Å². The molecule has 0 aliphatic rings. The van der Waals surface area contributed by atoms with Crippen LogP contribution in [0.4, 0.5) is 0 Å². The van der Waals surface area contributed by atoms with E-state index in [4.69, 9.17) is 5.11 Å². The number of aromatic nitrogens is 2. The molecular formula is C12H12N2O2. The Kier molecular flexibility index (Phi) is 3.12. The van der Waals surface area contributed by atoms with E-state index in [9.17, 15) is 4.79 Å². The van der Waals surface area contributed by atoms with Crippen molar-refractivity contribution in [2.45, 2.75) is 13.2 Å². The van der Waals surface area contributed by atoms with E-state index >= 15 is 0 Å². The molecule has 4 heteroatoms. The molecule has 0 saturated heterocycles. The molecule has 2 rings (SSSR count). The van der Waals surface area contributed by atoms with Crippen LogP contribution in [0.3, 0.4) is 0 Å². The van der Waals surface area contributed by atoms with Gasteiger partial charge >= 0.3 is 5.69 Å². The van der Waals surface area contributed by atoms with Gasteiger partial charge < -0.3 is 5.11 Å². The maximum Gasteiger partial charge on any atom is 0.347 e. The predicted molar refractivity (Wildman–Crippen MR) is 60.0 cm³/mol. The Hall–Kier alpha value is -1.94. The number of aliphatic hydroxyl groups excluding tert-OH is 1. The van der Waals surface area contributed by atoms with Gasteiger partial charge in [0.05, 0.1) is 13.2 Å². The van der Waals surface area contributed by atoms with Gasteiger partial charge in [-0.15, -0.1) is 0 Å². The number of aliphatic hydroxyl groups is 1. The Morgan fingerprint density at radius 1 is 1.19 bits per heavy atom. The van der Waals surface area contributed by atoms with Crippen LogP contribution in [0.2, 0.25) is 0 Å². The zero-order valence-corrected chi connectivity index (χ0v) is 8.71. The molecule has 2 aromatic rings. The third-order valence-electron chi connectivity index (χ3n) is 2.34. The van der Waals surface area contributed by atoms with Gasteiger partial charge in [0.2, 0.25) is 0 Å². The molecule has 0 saturated carbocycles. The van der Waals surface area contributed by atoms with Gasteiger partial charge in [-0.3, -0.25) is 4.57 Å². The third-order valence-corrected chi connectivity index (χ3v) is 2.34. The summed E-state index contributed by atoms with van der Waals surface area (Å²) < 4.78 is 1.54. The molecule has 16 heavy (non-hydrogen) atoms. The van der Waals surface area contributed by atoms with Gasteiger partial charge in [0.1, 0.15) is 0 Å². The zero-order chi connectivity index (χ0) is 11.4. The largest absolute Gasteiger partial charge is 0.392 e. The molecule has 1 N–H and O–H groups in total. The minimum absolute atomic E-state index is 0.0348. The first-order valence-corrected chi connectivity index (χ1v) is 5.00. The Morgan fingerprint density at radius 3 is 2.50 bits per heavy atom. The van der Waals surface area contributed by atoms with Gasteiger partial charge in [-0.1, -0.05) is 24.3 Å². The van der Waals surface area contributed by atoms with Crippen LogP contribution >= 0.6 is 0 Å². The standard InChI is InChI=1S/C12H12N2O2/c15-9-11-4-2-10(3-5-11)8-14-7-1-6-13-12(14)16/h1-7,15H,8-9H2. The van der Waals surface area contributed by atoms with E-state index in [2.05, 4.69) is 4.98 Å². The third kappa shape index (κ3) is 2.35. The molecule has 0 spiro atoms. The van der Waals surface area contributed by atoms with E-state index in [-0.39, 0.29) is 12.3 Å². The SMILES string of the molecule is O=c1ncccn1Cc1ccc(CO)cc1. The van der Waals surface area contributed by atoms with Crippen molar-refractivity contribution in [1.29, 1.82) is 0 Å². The number of hydrogen-bond acceptors (Lipinski definition) is 3. The maximum atomic E-state index is 11.4. The fourth-order valence-corrected chi connectivity index (χ4v) is 1.45. The second-order valence-electron chi connectivity index (χ2n) is 3.50. The Balaban J connectivity index is 2.21. The second-order valence-corrected chi connectivity index (χ2v) is 3.50. The summed E-state index contributed by atoms with van der Waals surface area (Å²) in [6.07, 6.45) is 3.18. The first-order chi connectivity index (χ1) is 7.79. The van der Waals surface area contributed by atoms with Crippen LogP contribution in [-0.4, -0.2) is 14.7 Å².